The summed E-state index contributed by atoms with van der Waals surface area (Å²) in [6.07, 6.45) is 5.48. The molecule has 0 radical (unpaired) electrons. The van der Waals surface area contributed by atoms with Gasteiger partial charge >= 0.3 is 0 Å². The van der Waals surface area contributed by atoms with Crippen molar-refractivity contribution < 1.29 is 4.92 Å². The number of fused-ring (bicyclic) bond motifs is 3. The van der Waals surface area contributed by atoms with Crippen molar-refractivity contribution in [2.24, 2.45) is 5.92 Å². The second-order valence-electron chi connectivity index (χ2n) is 6.93. The molecule has 3 unspecified atom stereocenters. The summed E-state index contributed by atoms with van der Waals surface area (Å²) >= 11 is 5.99. The Morgan fingerprint density at radius 3 is 2.72 bits per heavy atom. The summed E-state index contributed by atoms with van der Waals surface area (Å²) in [7, 11) is 0. The van der Waals surface area contributed by atoms with Crippen LogP contribution >= 0.6 is 11.6 Å². The molecule has 0 spiro atoms. The highest BCUT2D eigenvalue weighted by molar-refractivity contribution is 6.32. The van der Waals surface area contributed by atoms with E-state index in [4.69, 9.17) is 11.6 Å². The summed E-state index contributed by atoms with van der Waals surface area (Å²) in [6.45, 7) is 4.25. The number of allylic oxidation sites excluding steroid dienone is 2. The second-order valence-corrected chi connectivity index (χ2v) is 7.34. The number of anilines is 1. The summed E-state index contributed by atoms with van der Waals surface area (Å²) in [4.78, 5) is 10.9. The molecule has 3 atom stereocenters. The lowest BCUT2D eigenvalue weighted by atomic mass is 9.75. The Bertz CT molecular complexity index is 907. The van der Waals surface area contributed by atoms with Crippen LogP contribution in [0.3, 0.4) is 0 Å². The van der Waals surface area contributed by atoms with E-state index in [1.807, 2.05) is 6.07 Å². The fourth-order valence-corrected chi connectivity index (χ4v) is 4.42. The maximum absolute atomic E-state index is 11.3. The van der Waals surface area contributed by atoms with Crippen LogP contribution in [0.4, 0.5) is 11.4 Å². The minimum atomic E-state index is -0.414. The van der Waals surface area contributed by atoms with Crippen molar-refractivity contribution >= 4 is 23.0 Å². The van der Waals surface area contributed by atoms with Gasteiger partial charge in [0.15, 0.2) is 0 Å². The molecule has 0 saturated heterocycles. The number of nitro groups is 1. The number of hydrogen-bond donors (Lipinski definition) is 1. The summed E-state index contributed by atoms with van der Waals surface area (Å²) < 4.78 is 0. The van der Waals surface area contributed by atoms with Crippen LogP contribution in [0.5, 0.6) is 0 Å². The van der Waals surface area contributed by atoms with E-state index in [1.54, 1.807) is 12.1 Å². The standard InChI is InChI=1S/C20H19ClN2O2/c1-11-6-7-12(2)19-18(11)14-4-3-5-15(14)20(22-19)13-8-9-16(21)17(10-13)23(24)25/h3-4,6-10,14-15,20,22H,5H2,1-2H3. The number of nitro benzene ring substituents is 1. The number of nitrogens with one attached hydrogen (secondary N) is 1. The van der Waals surface area contributed by atoms with Crippen LogP contribution in [0.1, 0.15) is 40.6 Å². The Balaban J connectivity index is 1.84. The number of nitrogens with zero attached hydrogens (tertiary/aromatic N) is 1. The van der Waals surface area contributed by atoms with Crippen molar-refractivity contribution in [2.75, 3.05) is 5.32 Å². The van der Waals surface area contributed by atoms with Crippen molar-refractivity contribution in [3.8, 4) is 0 Å². The van der Waals surface area contributed by atoms with Gasteiger partial charge in [-0.15, -0.1) is 0 Å². The fraction of sp³-hybridized carbons (Fsp3) is 0.300. The normalized spacial score (nSPS) is 23.7. The molecule has 1 aliphatic heterocycles. The van der Waals surface area contributed by atoms with Crippen LogP contribution in [-0.2, 0) is 0 Å². The maximum atomic E-state index is 11.3. The second kappa shape index (κ2) is 5.88. The van der Waals surface area contributed by atoms with Crippen molar-refractivity contribution in [1.29, 1.82) is 0 Å². The minimum absolute atomic E-state index is 0.0315. The summed E-state index contributed by atoms with van der Waals surface area (Å²) in [6, 6.07) is 9.48. The molecule has 5 heteroatoms. The van der Waals surface area contributed by atoms with E-state index in [0.29, 0.717) is 11.8 Å². The van der Waals surface area contributed by atoms with E-state index < -0.39 is 4.92 Å². The first kappa shape index (κ1) is 16.2. The molecule has 2 aliphatic rings. The average Bonchev–Trinajstić information content (AvgIpc) is 3.07. The molecule has 4 nitrogen and oxygen atoms in total. The quantitative estimate of drug-likeness (QED) is 0.428. The molecule has 0 amide bonds. The van der Waals surface area contributed by atoms with Crippen LogP contribution in [0.25, 0.3) is 0 Å². The van der Waals surface area contributed by atoms with Crippen molar-refractivity contribution in [1.82, 2.24) is 0 Å². The van der Waals surface area contributed by atoms with Gasteiger partial charge < -0.3 is 5.32 Å². The third kappa shape index (κ3) is 2.52. The minimum Gasteiger partial charge on any atom is -0.377 e. The zero-order chi connectivity index (χ0) is 17.7. The highest BCUT2D eigenvalue weighted by atomic mass is 35.5. The lowest BCUT2D eigenvalue weighted by molar-refractivity contribution is -0.384. The predicted molar refractivity (Wildman–Crippen MR) is 100 cm³/mol. The molecule has 4 rings (SSSR count). The Labute approximate surface area is 151 Å². The van der Waals surface area contributed by atoms with Gasteiger partial charge in [0, 0.05) is 17.7 Å². The SMILES string of the molecule is Cc1ccc(C)c2c1NC(c1ccc(Cl)c([N+](=O)[O-])c1)C1CC=CC21. The van der Waals surface area contributed by atoms with Crippen LogP contribution in [0.2, 0.25) is 5.02 Å². The topological polar surface area (TPSA) is 55.2 Å². The molecule has 1 heterocycles. The molecule has 1 N–H and O–H groups in total. The van der Waals surface area contributed by atoms with Gasteiger partial charge in [-0.25, -0.2) is 0 Å². The largest absolute Gasteiger partial charge is 0.377 e. The van der Waals surface area contributed by atoms with Crippen LogP contribution < -0.4 is 5.32 Å². The monoisotopic (exact) mass is 354 g/mol. The average molecular weight is 355 g/mol. The van der Waals surface area contributed by atoms with Crippen molar-refractivity contribution in [3.05, 3.63) is 79.9 Å². The van der Waals surface area contributed by atoms with Gasteiger partial charge in [0.25, 0.3) is 5.69 Å². The number of aryl methyl sites for hydroxylation is 2. The third-order valence-electron chi connectivity index (χ3n) is 5.47. The van der Waals surface area contributed by atoms with E-state index in [2.05, 4.69) is 43.4 Å². The molecule has 0 saturated carbocycles. The van der Waals surface area contributed by atoms with Gasteiger partial charge in [-0.05, 0) is 54.5 Å². The van der Waals surface area contributed by atoms with Gasteiger partial charge in [-0.3, -0.25) is 10.1 Å². The zero-order valence-corrected chi connectivity index (χ0v) is 14.9. The Morgan fingerprint density at radius 1 is 1.20 bits per heavy atom. The number of rotatable bonds is 2. The molecular formula is C20H19ClN2O2. The molecule has 2 aromatic carbocycles. The van der Waals surface area contributed by atoms with Gasteiger partial charge in [-0.2, -0.15) is 0 Å². The fourth-order valence-electron chi connectivity index (χ4n) is 4.24. The molecular weight excluding hydrogens is 336 g/mol. The molecule has 1 aliphatic carbocycles. The first-order valence-corrected chi connectivity index (χ1v) is 8.82. The molecule has 25 heavy (non-hydrogen) atoms. The zero-order valence-electron chi connectivity index (χ0n) is 14.1. The first-order chi connectivity index (χ1) is 12.0. The van der Waals surface area contributed by atoms with E-state index in [0.717, 1.165) is 17.7 Å². The highest BCUT2D eigenvalue weighted by Crippen LogP contribution is 2.52. The lowest BCUT2D eigenvalue weighted by Crippen LogP contribution is -2.30. The van der Waals surface area contributed by atoms with Crippen molar-refractivity contribution in [2.45, 2.75) is 32.2 Å². The Hall–Kier alpha value is -2.33. The molecule has 2 aromatic rings. The predicted octanol–water partition coefficient (Wildman–Crippen LogP) is 5.69. The van der Waals surface area contributed by atoms with Crippen LogP contribution in [-0.4, -0.2) is 4.92 Å². The summed E-state index contributed by atoms with van der Waals surface area (Å²) in [5, 5.41) is 15.1. The number of hydrogen-bond acceptors (Lipinski definition) is 3. The summed E-state index contributed by atoms with van der Waals surface area (Å²) in [5.74, 6) is 0.699. The highest BCUT2D eigenvalue weighted by Gasteiger charge is 2.39. The van der Waals surface area contributed by atoms with Crippen molar-refractivity contribution in [3.63, 3.8) is 0 Å². The third-order valence-corrected chi connectivity index (χ3v) is 5.79. The van der Waals surface area contributed by atoms with Crippen LogP contribution in [0, 0.1) is 29.9 Å². The molecule has 0 bridgehead atoms. The van der Waals surface area contributed by atoms with E-state index in [9.17, 15) is 10.1 Å². The smallest absolute Gasteiger partial charge is 0.288 e. The van der Waals surface area contributed by atoms with E-state index in [1.165, 1.54) is 16.7 Å². The first-order valence-electron chi connectivity index (χ1n) is 8.44. The maximum Gasteiger partial charge on any atom is 0.288 e. The number of benzene rings is 2. The molecule has 0 aromatic heterocycles. The van der Waals surface area contributed by atoms with E-state index >= 15 is 0 Å². The Kier molecular flexibility index (Phi) is 3.80. The van der Waals surface area contributed by atoms with Gasteiger partial charge in [0.2, 0.25) is 0 Å². The Morgan fingerprint density at radius 2 is 1.96 bits per heavy atom. The summed E-state index contributed by atoms with van der Waals surface area (Å²) in [5.41, 5.74) is 5.90. The van der Waals surface area contributed by atoms with Gasteiger partial charge in [0.05, 0.1) is 11.0 Å². The van der Waals surface area contributed by atoms with E-state index in [-0.39, 0.29) is 16.8 Å². The molecule has 128 valence electrons. The van der Waals surface area contributed by atoms with Crippen LogP contribution in [0.15, 0.2) is 42.5 Å². The lowest BCUT2D eigenvalue weighted by Gasteiger charge is -2.39. The van der Waals surface area contributed by atoms with Gasteiger partial charge in [-0.1, -0.05) is 42.0 Å². The number of halogens is 1. The van der Waals surface area contributed by atoms with Gasteiger partial charge in [0.1, 0.15) is 5.02 Å². The molecule has 0 fully saturated rings.